The number of aromatic nitrogens is 1. The number of aryl methyl sites for hydroxylation is 1. The largest absolute Gasteiger partial charge is 0.314 e. The van der Waals surface area contributed by atoms with Gasteiger partial charge in [0.05, 0.1) is 15.6 Å². The van der Waals surface area contributed by atoms with Crippen LogP contribution >= 0.6 is 22.7 Å². The molecule has 0 spiro atoms. The number of nitrogens with one attached hydrogen (secondary N) is 1. The number of thiophene rings is 1. The minimum absolute atomic E-state index is 0.428. The number of sulfonamides is 1. The van der Waals surface area contributed by atoms with Crippen LogP contribution in [0.15, 0.2) is 21.7 Å². The first-order valence-electron chi connectivity index (χ1n) is 8.78. The topological polar surface area (TPSA) is 62.3 Å². The van der Waals surface area contributed by atoms with E-state index in [4.69, 9.17) is 0 Å². The van der Waals surface area contributed by atoms with Gasteiger partial charge in [-0.1, -0.05) is 0 Å². The third-order valence-corrected chi connectivity index (χ3v) is 9.14. The van der Waals surface area contributed by atoms with Crippen LogP contribution in [0.1, 0.15) is 30.7 Å². The third-order valence-electron chi connectivity index (χ3n) is 4.89. The van der Waals surface area contributed by atoms with Crippen molar-refractivity contribution in [2.24, 2.45) is 5.92 Å². The van der Waals surface area contributed by atoms with Crippen molar-refractivity contribution in [2.75, 3.05) is 19.6 Å². The minimum Gasteiger partial charge on any atom is -0.314 e. The van der Waals surface area contributed by atoms with Crippen LogP contribution in [0.5, 0.6) is 0 Å². The van der Waals surface area contributed by atoms with E-state index in [-0.39, 0.29) is 0 Å². The van der Waals surface area contributed by atoms with Crippen molar-refractivity contribution in [2.45, 2.75) is 42.9 Å². The van der Waals surface area contributed by atoms with Crippen LogP contribution in [0.25, 0.3) is 10.6 Å². The average molecular weight is 398 g/mol. The summed E-state index contributed by atoms with van der Waals surface area (Å²) in [6.45, 7) is 4.26. The summed E-state index contributed by atoms with van der Waals surface area (Å²) in [5, 5.41) is 6.57. The summed E-state index contributed by atoms with van der Waals surface area (Å²) in [7, 11) is -3.39. The third kappa shape index (κ3) is 3.98. The molecule has 0 radical (unpaired) electrons. The van der Waals surface area contributed by atoms with Crippen molar-refractivity contribution in [1.29, 1.82) is 0 Å². The normalized spacial score (nSPS) is 20.2. The molecule has 1 aliphatic heterocycles. The molecule has 1 aliphatic carbocycles. The zero-order valence-corrected chi connectivity index (χ0v) is 16.7. The van der Waals surface area contributed by atoms with Crippen molar-refractivity contribution in [3.05, 3.63) is 22.5 Å². The maximum Gasteiger partial charge on any atom is 0.252 e. The number of rotatable bonds is 6. The highest BCUT2D eigenvalue weighted by Gasteiger charge is 2.31. The Morgan fingerprint density at radius 2 is 2.00 bits per heavy atom. The van der Waals surface area contributed by atoms with Gasteiger partial charge in [-0.05, 0) is 57.2 Å². The zero-order valence-electron chi connectivity index (χ0n) is 14.3. The van der Waals surface area contributed by atoms with Gasteiger partial charge in [0, 0.05) is 24.5 Å². The molecule has 0 aromatic carbocycles. The zero-order chi connectivity index (χ0) is 17.4. The van der Waals surface area contributed by atoms with E-state index in [0.717, 1.165) is 40.9 Å². The van der Waals surface area contributed by atoms with Crippen molar-refractivity contribution >= 4 is 32.7 Å². The van der Waals surface area contributed by atoms with E-state index in [1.165, 1.54) is 24.2 Å². The number of piperidine rings is 1. The molecule has 1 saturated carbocycles. The summed E-state index contributed by atoms with van der Waals surface area (Å²) in [5.41, 5.74) is 0.872. The Kier molecular flexibility index (Phi) is 4.98. The molecule has 8 heteroatoms. The lowest BCUT2D eigenvalue weighted by molar-refractivity contribution is 0.288. The lowest BCUT2D eigenvalue weighted by Crippen LogP contribution is -2.45. The molecule has 0 atom stereocenters. The molecule has 2 aliphatic rings. The fourth-order valence-corrected chi connectivity index (χ4v) is 6.73. The van der Waals surface area contributed by atoms with Gasteiger partial charge in [0.25, 0.3) is 10.0 Å². The van der Waals surface area contributed by atoms with E-state index < -0.39 is 10.0 Å². The number of hydrogen-bond acceptors (Lipinski definition) is 6. The number of hydrogen-bond donors (Lipinski definition) is 1. The fraction of sp³-hybridized carbons (Fsp3) is 0.588. The van der Waals surface area contributed by atoms with Gasteiger partial charge in [-0.15, -0.1) is 22.7 Å². The summed E-state index contributed by atoms with van der Waals surface area (Å²) < 4.78 is 27.9. The molecule has 25 heavy (non-hydrogen) atoms. The van der Waals surface area contributed by atoms with Crippen LogP contribution in [-0.2, 0) is 10.0 Å². The lowest BCUT2D eigenvalue weighted by atomic mass is 10.1. The quantitative estimate of drug-likeness (QED) is 0.812. The molecule has 3 heterocycles. The standard InChI is InChI=1S/C17H23N3O2S3/c1-12-19-15(11-23-12)16-4-5-17(24-16)25(21,22)20-8-6-14(7-9-20)18-10-13-2-3-13/h4-5,11,13-14,18H,2-3,6-10H2,1H3. The van der Waals surface area contributed by atoms with Gasteiger partial charge in [0.2, 0.25) is 0 Å². The molecular weight excluding hydrogens is 374 g/mol. The average Bonchev–Trinajstić information content (AvgIpc) is 3.11. The van der Waals surface area contributed by atoms with E-state index in [1.807, 2.05) is 18.4 Å². The van der Waals surface area contributed by atoms with E-state index in [1.54, 1.807) is 21.7 Å². The minimum atomic E-state index is -3.39. The van der Waals surface area contributed by atoms with Crippen LogP contribution in [0.4, 0.5) is 0 Å². The predicted octanol–water partition coefficient (Wildman–Crippen LogP) is 3.33. The van der Waals surface area contributed by atoms with Gasteiger partial charge < -0.3 is 5.32 Å². The monoisotopic (exact) mass is 397 g/mol. The van der Waals surface area contributed by atoms with Gasteiger partial charge >= 0.3 is 0 Å². The lowest BCUT2D eigenvalue weighted by Gasteiger charge is -2.31. The summed E-state index contributed by atoms with van der Waals surface area (Å²) >= 11 is 2.91. The maximum atomic E-state index is 12.9. The molecule has 2 aromatic rings. The van der Waals surface area contributed by atoms with Gasteiger partial charge in [-0.2, -0.15) is 4.31 Å². The van der Waals surface area contributed by atoms with Gasteiger partial charge in [0.15, 0.2) is 0 Å². The van der Waals surface area contributed by atoms with Gasteiger partial charge in [0.1, 0.15) is 4.21 Å². The van der Waals surface area contributed by atoms with Crippen molar-refractivity contribution in [1.82, 2.24) is 14.6 Å². The Morgan fingerprint density at radius 3 is 2.64 bits per heavy atom. The molecule has 136 valence electrons. The highest BCUT2D eigenvalue weighted by atomic mass is 32.2. The summed E-state index contributed by atoms with van der Waals surface area (Å²) in [6.07, 6.45) is 4.49. The fourth-order valence-electron chi connectivity index (χ4n) is 3.16. The SMILES string of the molecule is Cc1nc(-c2ccc(S(=O)(=O)N3CCC(NCC4CC4)CC3)s2)cs1. The highest BCUT2D eigenvalue weighted by molar-refractivity contribution is 7.91. The Bertz CT molecular complexity index is 831. The molecule has 1 N–H and O–H groups in total. The molecule has 4 rings (SSSR count). The Hall–Kier alpha value is -0.800. The first-order chi connectivity index (χ1) is 12.0. The van der Waals surface area contributed by atoms with Crippen LogP contribution in [0.3, 0.4) is 0 Å². The van der Waals surface area contributed by atoms with Crippen LogP contribution in [0.2, 0.25) is 0 Å². The summed E-state index contributed by atoms with van der Waals surface area (Å²) in [6, 6.07) is 4.06. The van der Waals surface area contributed by atoms with Gasteiger partial charge in [-0.3, -0.25) is 0 Å². The molecule has 0 unspecified atom stereocenters. The molecule has 0 bridgehead atoms. The number of nitrogens with zero attached hydrogens (tertiary/aromatic N) is 2. The molecule has 1 saturated heterocycles. The predicted molar refractivity (Wildman–Crippen MR) is 103 cm³/mol. The Labute approximate surface area is 157 Å². The van der Waals surface area contributed by atoms with Gasteiger partial charge in [-0.25, -0.2) is 13.4 Å². The second-order valence-electron chi connectivity index (χ2n) is 6.90. The number of thiazole rings is 1. The van der Waals surface area contributed by atoms with E-state index in [0.29, 0.717) is 23.3 Å². The van der Waals surface area contributed by atoms with E-state index in [2.05, 4.69) is 10.3 Å². The van der Waals surface area contributed by atoms with Crippen LogP contribution in [0, 0.1) is 12.8 Å². The smallest absolute Gasteiger partial charge is 0.252 e. The van der Waals surface area contributed by atoms with Crippen molar-refractivity contribution in [3.63, 3.8) is 0 Å². The highest BCUT2D eigenvalue weighted by Crippen LogP contribution is 2.33. The molecule has 2 aromatic heterocycles. The van der Waals surface area contributed by atoms with Crippen molar-refractivity contribution < 1.29 is 8.42 Å². The van der Waals surface area contributed by atoms with Crippen molar-refractivity contribution in [3.8, 4) is 10.6 Å². The summed E-state index contributed by atoms with van der Waals surface area (Å²) in [4.78, 5) is 5.37. The van der Waals surface area contributed by atoms with E-state index >= 15 is 0 Å². The van der Waals surface area contributed by atoms with E-state index in [9.17, 15) is 8.42 Å². The molecule has 5 nitrogen and oxygen atoms in total. The van der Waals surface area contributed by atoms with Crippen LogP contribution < -0.4 is 5.32 Å². The first kappa shape index (κ1) is 17.6. The second-order valence-corrected chi connectivity index (χ2v) is 11.2. The Balaban J connectivity index is 1.40. The Morgan fingerprint density at radius 1 is 1.24 bits per heavy atom. The van der Waals surface area contributed by atoms with Crippen LogP contribution in [-0.4, -0.2) is 43.4 Å². The molecule has 0 amide bonds. The molecular formula is C17H23N3O2S3. The maximum absolute atomic E-state index is 12.9. The second kappa shape index (κ2) is 7.08. The summed E-state index contributed by atoms with van der Waals surface area (Å²) in [5.74, 6) is 0.862. The molecule has 2 fully saturated rings. The first-order valence-corrected chi connectivity index (χ1v) is 11.9.